The molecule has 3 heteroatoms. The van der Waals surface area contributed by atoms with Gasteiger partial charge in [-0.05, 0) is 48.9 Å². The number of hydrogen-bond donors (Lipinski definition) is 1. The van der Waals surface area contributed by atoms with Crippen LogP contribution in [0.15, 0.2) is 24.3 Å². The third kappa shape index (κ3) is 5.82. The van der Waals surface area contributed by atoms with E-state index >= 15 is 0 Å². The zero-order valence-corrected chi connectivity index (χ0v) is 13.3. The van der Waals surface area contributed by atoms with E-state index in [2.05, 4.69) is 31.3 Å². The molecule has 20 heavy (non-hydrogen) atoms. The lowest BCUT2D eigenvalue weighted by Gasteiger charge is -2.19. The molecule has 0 radical (unpaired) electrons. The molecule has 2 nitrogen and oxygen atoms in total. The Hall–Kier alpha value is -0.570. The third-order valence-corrected chi connectivity index (χ3v) is 3.87. The monoisotopic (exact) mass is 295 g/mol. The van der Waals surface area contributed by atoms with E-state index in [1.165, 1.54) is 18.4 Å². The first-order chi connectivity index (χ1) is 9.65. The predicted octanol–water partition coefficient (Wildman–Crippen LogP) is 4.10. The lowest BCUT2D eigenvalue weighted by Crippen LogP contribution is -2.28. The van der Waals surface area contributed by atoms with Gasteiger partial charge in [0.15, 0.2) is 0 Å². The third-order valence-electron chi connectivity index (χ3n) is 3.63. The molecule has 0 heterocycles. The number of halogens is 1. The second kappa shape index (κ2) is 8.02. The number of ether oxygens (including phenoxy) is 1. The van der Waals surface area contributed by atoms with Crippen molar-refractivity contribution in [3.8, 4) is 0 Å². The molecule has 1 aromatic carbocycles. The normalized spacial score (nSPS) is 16.6. The maximum absolute atomic E-state index is 6.11. The Morgan fingerprint density at radius 2 is 2.10 bits per heavy atom. The first kappa shape index (κ1) is 15.8. The Labute approximate surface area is 127 Å². The van der Waals surface area contributed by atoms with Crippen molar-refractivity contribution in [3.63, 3.8) is 0 Å². The highest BCUT2D eigenvalue weighted by atomic mass is 35.5. The molecule has 1 N–H and O–H groups in total. The van der Waals surface area contributed by atoms with Gasteiger partial charge in [-0.25, -0.2) is 0 Å². The van der Waals surface area contributed by atoms with Gasteiger partial charge in [-0.2, -0.15) is 0 Å². The predicted molar refractivity (Wildman–Crippen MR) is 85.4 cm³/mol. The van der Waals surface area contributed by atoms with Crippen molar-refractivity contribution in [2.75, 3.05) is 26.3 Å². The standard InChI is InChI=1S/C17H26ClNO/c1-13(2)9-19-10-16(12-20-11-14-6-7-14)15-4-3-5-17(18)8-15/h3-5,8,13-14,16,19H,6-7,9-12H2,1-2H3. The molecule has 1 fully saturated rings. The van der Waals surface area contributed by atoms with E-state index in [0.29, 0.717) is 11.8 Å². The SMILES string of the molecule is CC(C)CNCC(COCC1CC1)c1cccc(Cl)c1. The van der Waals surface area contributed by atoms with E-state index in [1.54, 1.807) is 0 Å². The van der Waals surface area contributed by atoms with Gasteiger partial charge in [0, 0.05) is 24.1 Å². The average Bonchev–Trinajstić information content (AvgIpc) is 3.20. The molecule has 1 atom stereocenters. The summed E-state index contributed by atoms with van der Waals surface area (Å²) in [4.78, 5) is 0. The molecule has 1 aliphatic carbocycles. The fourth-order valence-electron chi connectivity index (χ4n) is 2.24. The zero-order chi connectivity index (χ0) is 14.4. The van der Waals surface area contributed by atoms with E-state index in [9.17, 15) is 0 Å². The molecule has 0 spiro atoms. The first-order valence-corrected chi connectivity index (χ1v) is 8.07. The lowest BCUT2D eigenvalue weighted by atomic mass is 9.99. The van der Waals surface area contributed by atoms with Crippen molar-refractivity contribution in [2.24, 2.45) is 11.8 Å². The quantitative estimate of drug-likeness (QED) is 0.741. The Balaban J connectivity index is 1.87. The molecule has 1 aromatic rings. The van der Waals surface area contributed by atoms with Crippen LogP contribution < -0.4 is 5.32 Å². The molecular formula is C17H26ClNO. The van der Waals surface area contributed by atoms with Gasteiger partial charge >= 0.3 is 0 Å². The Kier molecular flexibility index (Phi) is 6.34. The van der Waals surface area contributed by atoms with Crippen molar-refractivity contribution in [1.29, 1.82) is 0 Å². The largest absolute Gasteiger partial charge is 0.380 e. The van der Waals surface area contributed by atoms with E-state index in [-0.39, 0.29) is 0 Å². The highest BCUT2D eigenvalue weighted by Crippen LogP contribution is 2.29. The Morgan fingerprint density at radius 1 is 1.30 bits per heavy atom. The van der Waals surface area contributed by atoms with Crippen molar-refractivity contribution in [3.05, 3.63) is 34.9 Å². The summed E-state index contributed by atoms with van der Waals surface area (Å²) in [5.74, 6) is 1.87. The smallest absolute Gasteiger partial charge is 0.0547 e. The highest BCUT2D eigenvalue weighted by Gasteiger charge is 2.22. The summed E-state index contributed by atoms with van der Waals surface area (Å²) in [6, 6.07) is 8.15. The number of nitrogens with one attached hydrogen (secondary N) is 1. The molecular weight excluding hydrogens is 270 g/mol. The summed E-state index contributed by atoms with van der Waals surface area (Å²) >= 11 is 6.11. The van der Waals surface area contributed by atoms with Crippen LogP contribution in [-0.4, -0.2) is 26.3 Å². The topological polar surface area (TPSA) is 21.3 Å². The summed E-state index contributed by atoms with van der Waals surface area (Å²) in [5.41, 5.74) is 1.27. The minimum absolute atomic E-state index is 0.381. The van der Waals surface area contributed by atoms with Crippen molar-refractivity contribution >= 4 is 11.6 Å². The van der Waals surface area contributed by atoms with Crippen molar-refractivity contribution in [2.45, 2.75) is 32.6 Å². The maximum atomic E-state index is 6.11. The van der Waals surface area contributed by atoms with Crippen molar-refractivity contribution in [1.82, 2.24) is 5.32 Å². The average molecular weight is 296 g/mol. The Bertz CT molecular complexity index is 396. The molecule has 1 unspecified atom stereocenters. The van der Waals surface area contributed by atoms with Gasteiger partial charge in [0.1, 0.15) is 0 Å². The van der Waals surface area contributed by atoms with Gasteiger partial charge in [-0.3, -0.25) is 0 Å². The fraction of sp³-hybridized carbons (Fsp3) is 0.647. The molecule has 0 aliphatic heterocycles. The first-order valence-electron chi connectivity index (χ1n) is 7.69. The number of hydrogen-bond acceptors (Lipinski definition) is 2. The molecule has 0 bridgehead atoms. The number of benzene rings is 1. The summed E-state index contributed by atoms with van der Waals surface area (Å²) < 4.78 is 5.89. The zero-order valence-electron chi connectivity index (χ0n) is 12.6. The molecule has 0 aromatic heterocycles. The van der Waals surface area contributed by atoms with E-state index in [1.807, 2.05) is 12.1 Å². The minimum atomic E-state index is 0.381. The van der Waals surface area contributed by atoms with Crippen LogP contribution in [0.2, 0.25) is 5.02 Å². The van der Waals surface area contributed by atoms with Gasteiger partial charge in [0.25, 0.3) is 0 Å². The van der Waals surface area contributed by atoms with Crippen LogP contribution in [0.3, 0.4) is 0 Å². The summed E-state index contributed by atoms with van der Waals surface area (Å²) in [6.07, 6.45) is 2.68. The van der Waals surface area contributed by atoms with E-state index in [4.69, 9.17) is 16.3 Å². The van der Waals surface area contributed by atoms with E-state index < -0.39 is 0 Å². The maximum Gasteiger partial charge on any atom is 0.0547 e. The van der Waals surface area contributed by atoms with Crippen LogP contribution in [0, 0.1) is 11.8 Å². The fourth-order valence-corrected chi connectivity index (χ4v) is 2.44. The van der Waals surface area contributed by atoms with Gasteiger partial charge in [0.2, 0.25) is 0 Å². The second-order valence-corrected chi connectivity index (χ2v) is 6.72. The van der Waals surface area contributed by atoms with Crippen LogP contribution in [0.25, 0.3) is 0 Å². The van der Waals surface area contributed by atoms with Gasteiger partial charge in [-0.15, -0.1) is 0 Å². The molecule has 2 rings (SSSR count). The van der Waals surface area contributed by atoms with Crippen LogP contribution in [0.1, 0.15) is 38.2 Å². The lowest BCUT2D eigenvalue weighted by molar-refractivity contribution is 0.110. The molecule has 112 valence electrons. The summed E-state index contributed by atoms with van der Waals surface area (Å²) in [7, 11) is 0. The molecule has 1 aliphatic rings. The molecule has 1 saturated carbocycles. The van der Waals surface area contributed by atoms with Crippen LogP contribution in [-0.2, 0) is 4.74 Å². The minimum Gasteiger partial charge on any atom is -0.380 e. The van der Waals surface area contributed by atoms with Crippen LogP contribution in [0.5, 0.6) is 0 Å². The van der Waals surface area contributed by atoms with Crippen LogP contribution >= 0.6 is 11.6 Å². The second-order valence-electron chi connectivity index (χ2n) is 6.28. The van der Waals surface area contributed by atoms with Gasteiger partial charge in [-0.1, -0.05) is 37.6 Å². The number of rotatable bonds is 9. The van der Waals surface area contributed by atoms with E-state index in [0.717, 1.165) is 37.2 Å². The molecule has 0 saturated heterocycles. The van der Waals surface area contributed by atoms with Gasteiger partial charge in [0.05, 0.1) is 6.61 Å². The molecule has 0 amide bonds. The highest BCUT2D eigenvalue weighted by molar-refractivity contribution is 6.30. The summed E-state index contributed by atoms with van der Waals surface area (Å²) in [5, 5.41) is 4.34. The summed E-state index contributed by atoms with van der Waals surface area (Å²) in [6.45, 7) is 8.14. The Morgan fingerprint density at radius 3 is 2.75 bits per heavy atom. The van der Waals surface area contributed by atoms with Gasteiger partial charge < -0.3 is 10.1 Å². The van der Waals surface area contributed by atoms with Crippen molar-refractivity contribution < 1.29 is 4.74 Å². The van der Waals surface area contributed by atoms with Crippen LogP contribution in [0.4, 0.5) is 0 Å².